The number of hydrogen-bond acceptors (Lipinski definition) is 5. The molecule has 3 rings (SSSR count). The first-order chi connectivity index (χ1) is 12.6. The van der Waals surface area contributed by atoms with E-state index >= 15 is 0 Å². The summed E-state index contributed by atoms with van der Waals surface area (Å²) in [5, 5.41) is 3.13. The Hall–Kier alpha value is -2.63. The van der Waals surface area contributed by atoms with Crippen LogP contribution < -0.4 is 10.2 Å². The topological polar surface area (TPSA) is 61.4 Å². The highest BCUT2D eigenvalue weighted by Gasteiger charge is 2.24. The summed E-state index contributed by atoms with van der Waals surface area (Å²) >= 11 is 0. The number of nitrogens with one attached hydrogen (secondary N) is 1. The predicted octanol–water partition coefficient (Wildman–Crippen LogP) is 2.88. The highest BCUT2D eigenvalue weighted by atomic mass is 16.2. The number of hydrogen-bond donors (Lipinski definition) is 1. The van der Waals surface area contributed by atoms with E-state index < -0.39 is 0 Å². The first-order valence-corrected chi connectivity index (χ1v) is 9.27. The van der Waals surface area contributed by atoms with Gasteiger partial charge in [-0.15, -0.1) is 0 Å². The van der Waals surface area contributed by atoms with Crippen molar-refractivity contribution in [3.05, 3.63) is 47.3 Å². The van der Waals surface area contributed by atoms with Crippen LogP contribution in [0.1, 0.15) is 35.0 Å². The van der Waals surface area contributed by atoms with E-state index in [1.54, 1.807) is 12.3 Å². The summed E-state index contributed by atoms with van der Waals surface area (Å²) in [5.74, 6) is 0.499. The molecule has 0 saturated carbocycles. The number of nitrogens with zero attached hydrogens (tertiary/aromatic N) is 4. The van der Waals surface area contributed by atoms with Crippen LogP contribution in [0, 0.1) is 13.8 Å². The molecule has 0 unspecified atom stereocenters. The van der Waals surface area contributed by atoms with E-state index in [1.165, 1.54) is 16.8 Å². The lowest BCUT2D eigenvalue weighted by atomic mass is 10.1. The van der Waals surface area contributed by atoms with Crippen molar-refractivity contribution in [2.24, 2.45) is 0 Å². The molecule has 2 heterocycles. The van der Waals surface area contributed by atoms with Crippen LogP contribution in [0.3, 0.4) is 0 Å². The normalized spacial score (nSPS) is 14.4. The Morgan fingerprint density at radius 2 is 1.92 bits per heavy atom. The van der Waals surface area contributed by atoms with Gasteiger partial charge in [0.1, 0.15) is 5.69 Å². The van der Waals surface area contributed by atoms with Crippen LogP contribution >= 0.6 is 0 Å². The average molecular weight is 353 g/mol. The minimum absolute atomic E-state index is 0.0208. The molecule has 1 aromatic carbocycles. The van der Waals surface area contributed by atoms with Crippen molar-refractivity contribution < 1.29 is 4.79 Å². The second-order valence-corrected chi connectivity index (χ2v) is 6.69. The molecule has 26 heavy (non-hydrogen) atoms. The van der Waals surface area contributed by atoms with Crippen molar-refractivity contribution in [3.8, 4) is 0 Å². The third kappa shape index (κ3) is 3.95. The van der Waals surface area contributed by atoms with Crippen molar-refractivity contribution in [1.29, 1.82) is 0 Å². The molecule has 1 aliphatic heterocycles. The Kier molecular flexibility index (Phi) is 5.71. The van der Waals surface area contributed by atoms with Gasteiger partial charge in [-0.05, 0) is 43.5 Å². The number of benzene rings is 1. The Balaban J connectivity index is 1.64. The van der Waals surface area contributed by atoms with Crippen LogP contribution in [-0.4, -0.2) is 53.5 Å². The van der Waals surface area contributed by atoms with Gasteiger partial charge < -0.3 is 15.1 Å². The summed E-state index contributed by atoms with van der Waals surface area (Å²) in [6, 6.07) is 8.09. The number of carbonyl (C=O) groups is 1. The largest absolute Gasteiger partial charge is 0.368 e. The van der Waals surface area contributed by atoms with Gasteiger partial charge in [0.15, 0.2) is 0 Å². The first kappa shape index (κ1) is 18.2. The molecule has 6 heteroatoms. The van der Waals surface area contributed by atoms with Gasteiger partial charge in [-0.2, -0.15) is 0 Å². The average Bonchev–Trinajstić information content (AvgIpc) is 2.68. The molecule has 1 saturated heterocycles. The monoisotopic (exact) mass is 353 g/mol. The van der Waals surface area contributed by atoms with E-state index in [4.69, 9.17) is 0 Å². The molecule has 0 aliphatic carbocycles. The van der Waals surface area contributed by atoms with Gasteiger partial charge in [0.05, 0.1) is 0 Å². The third-order valence-electron chi connectivity index (χ3n) is 4.89. The quantitative estimate of drug-likeness (QED) is 0.896. The minimum atomic E-state index is -0.0208. The summed E-state index contributed by atoms with van der Waals surface area (Å²) in [5.41, 5.74) is 4.34. The van der Waals surface area contributed by atoms with Gasteiger partial charge in [0, 0.05) is 44.6 Å². The fourth-order valence-corrected chi connectivity index (χ4v) is 3.19. The first-order valence-electron chi connectivity index (χ1n) is 9.27. The molecule has 1 aromatic heterocycles. The predicted molar refractivity (Wildman–Crippen MR) is 105 cm³/mol. The molecule has 0 spiro atoms. The molecule has 6 nitrogen and oxygen atoms in total. The molecule has 138 valence electrons. The van der Waals surface area contributed by atoms with Crippen molar-refractivity contribution in [1.82, 2.24) is 14.9 Å². The maximum absolute atomic E-state index is 12.8. The molecule has 0 bridgehead atoms. The summed E-state index contributed by atoms with van der Waals surface area (Å²) in [4.78, 5) is 25.6. The Bertz CT molecular complexity index is 769. The Morgan fingerprint density at radius 1 is 1.15 bits per heavy atom. The van der Waals surface area contributed by atoms with Crippen LogP contribution in [-0.2, 0) is 0 Å². The lowest BCUT2D eigenvalue weighted by molar-refractivity contribution is 0.0741. The molecule has 1 amide bonds. The van der Waals surface area contributed by atoms with Gasteiger partial charge in [-0.3, -0.25) is 4.79 Å². The lowest BCUT2D eigenvalue weighted by Crippen LogP contribution is -2.49. The molecule has 1 fully saturated rings. The molecule has 0 radical (unpaired) electrons. The zero-order chi connectivity index (χ0) is 18.5. The number of anilines is 2. The summed E-state index contributed by atoms with van der Waals surface area (Å²) in [6.45, 7) is 10.3. The van der Waals surface area contributed by atoms with Gasteiger partial charge in [-0.1, -0.05) is 19.1 Å². The Labute approximate surface area is 155 Å². The lowest BCUT2D eigenvalue weighted by Gasteiger charge is -2.37. The third-order valence-corrected chi connectivity index (χ3v) is 4.89. The van der Waals surface area contributed by atoms with Crippen molar-refractivity contribution in [2.75, 3.05) is 42.9 Å². The van der Waals surface area contributed by atoms with Crippen LogP contribution in [0.25, 0.3) is 0 Å². The maximum atomic E-state index is 12.8. The molecule has 1 aliphatic rings. The molecular formula is C20H27N5O. The SMILES string of the molecule is CCCNc1nccc(C(=O)N2CCN(c3cccc(C)c3C)CC2)n1. The smallest absolute Gasteiger partial charge is 0.272 e. The van der Waals surface area contributed by atoms with Gasteiger partial charge in [-0.25, -0.2) is 9.97 Å². The highest BCUT2D eigenvalue weighted by molar-refractivity contribution is 5.92. The van der Waals surface area contributed by atoms with Gasteiger partial charge in [0.25, 0.3) is 5.91 Å². The van der Waals surface area contributed by atoms with E-state index in [-0.39, 0.29) is 5.91 Å². The minimum Gasteiger partial charge on any atom is -0.368 e. The van der Waals surface area contributed by atoms with E-state index in [1.807, 2.05) is 4.90 Å². The molecule has 2 aromatic rings. The van der Waals surface area contributed by atoms with Crippen molar-refractivity contribution in [2.45, 2.75) is 27.2 Å². The standard InChI is InChI=1S/C20H27N5O/c1-4-9-21-20-22-10-8-17(23-20)19(26)25-13-11-24(12-14-25)18-7-5-6-15(2)16(18)3/h5-8,10H,4,9,11-14H2,1-3H3,(H,21,22,23). The van der Waals surface area contributed by atoms with Crippen LogP contribution in [0.4, 0.5) is 11.6 Å². The van der Waals surface area contributed by atoms with E-state index in [0.29, 0.717) is 24.7 Å². The highest BCUT2D eigenvalue weighted by Crippen LogP contribution is 2.24. The number of rotatable bonds is 5. The number of aryl methyl sites for hydroxylation is 1. The summed E-state index contributed by atoms with van der Waals surface area (Å²) in [7, 11) is 0. The zero-order valence-corrected chi connectivity index (χ0v) is 15.8. The van der Waals surface area contributed by atoms with Gasteiger partial charge >= 0.3 is 0 Å². The van der Waals surface area contributed by atoms with Crippen LogP contribution in [0.15, 0.2) is 30.5 Å². The fourth-order valence-electron chi connectivity index (χ4n) is 3.19. The summed E-state index contributed by atoms with van der Waals surface area (Å²) < 4.78 is 0. The Morgan fingerprint density at radius 3 is 2.65 bits per heavy atom. The second kappa shape index (κ2) is 8.17. The number of piperazine rings is 1. The molecule has 0 atom stereocenters. The van der Waals surface area contributed by atoms with E-state index in [2.05, 4.69) is 59.2 Å². The molecule has 1 N–H and O–H groups in total. The molecular weight excluding hydrogens is 326 g/mol. The number of aromatic nitrogens is 2. The van der Waals surface area contributed by atoms with Gasteiger partial charge in [0.2, 0.25) is 5.95 Å². The van der Waals surface area contributed by atoms with E-state index in [0.717, 1.165) is 26.1 Å². The van der Waals surface area contributed by atoms with Crippen LogP contribution in [0.2, 0.25) is 0 Å². The number of amides is 1. The van der Waals surface area contributed by atoms with Crippen molar-refractivity contribution in [3.63, 3.8) is 0 Å². The van der Waals surface area contributed by atoms with Crippen LogP contribution in [0.5, 0.6) is 0 Å². The maximum Gasteiger partial charge on any atom is 0.272 e. The van der Waals surface area contributed by atoms with E-state index in [9.17, 15) is 4.79 Å². The number of carbonyl (C=O) groups excluding carboxylic acids is 1. The summed E-state index contributed by atoms with van der Waals surface area (Å²) in [6.07, 6.45) is 2.63. The zero-order valence-electron chi connectivity index (χ0n) is 15.8. The fraction of sp³-hybridized carbons (Fsp3) is 0.450. The second-order valence-electron chi connectivity index (χ2n) is 6.69. The van der Waals surface area contributed by atoms with Crippen molar-refractivity contribution >= 4 is 17.5 Å².